The summed E-state index contributed by atoms with van der Waals surface area (Å²) in [5, 5.41) is 6.29. The van der Waals surface area contributed by atoms with Gasteiger partial charge in [-0.3, -0.25) is 23.7 Å². The van der Waals surface area contributed by atoms with Crippen LogP contribution in [0.4, 0.5) is 0 Å². The van der Waals surface area contributed by atoms with E-state index in [0.29, 0.717) is 37.1 Å². The lowest BCUT2D eigenvalue weighted by Crippen LogP contribution is -2.44. The van der Waals surface area contributed by atoms with Crippen molar-refractivity contribution in [3.8, 4) is 0 Å². The fourth-order valence-corrected chi connectivity index (χ4v) is 5.85. The third-order valence-electron chi connectivity index (χ3n) is 6.21. The maximum atomic E-state index is 12.7. The van der Waals surface area contributed by atoms with Crippen LogP contribution >= 0.6 is 0 Å². The van der Waals surface area contributed by atoms with Crippen LogP contribution in [-0.2, 0) is 26.1 Å². The molecule has 2 aliphatic carbocycles. The number of nitrogens with zero attached hydrogens (tertiary/aromatic N) is 2. The van der Waals surface area contributed by atoms with Gasteiger partial charge < -0.3 is 10.6 Å². The van der Waals surface area contributed by atoms with E-state index in [9.17, 15) is 13.8 Å². The molecule has 1 heterocycles. The lowest BCUT2D eigenvalue weighted by atomic mass is 9.85. The molecule has 2 fully saturated rings. The Morgan fingerprint density at radius 2 is 1.70 bits per heavy atom. The van der Waals surface area contributed by atoms with E-state index >= 15 is 0 Å². The second-order valence-corrected chi connectivity index (χ2v) is 9.60. The van der Waals surface area contributed by atoms with Crippen molar-refractivity contribution < 1.29 is 13.8 Å². The minimum Gasteiger partial charge on any atom is -0.355 e. The van der Waals surface area contributed by atoms with E-state index in [1.165, 1.54) is 4.90 Å². The van der Waals surface area contributed by atoms with Crippen molar-refractivity contribution in [2.45, 2.75) is 12.2 Å². The average Bonchev–Trinajstić information content (AvgIpc) is 3.43. The molecule has 8 heteroatoms. The molecular weight excluding hydrogens is 400 g/mol. The fourth-order valence-electron chi connectivity index (χ4n) is 4.81. The Labute approximate surface area is 179 Å². The Hall–Kier alpha value is -2.48. The van der Waals surface area contributed by atoms with Crippen LogP contribution in [-0.4, -0.2) is 59.3 Å². The van der Waals surface area contributed by atoms with E-state index in [1.807, 2.05) is 30.3 Å². The molecule has 160 valence electrons. The van der Waals surface area contributed by atoms with E-state index in [1.54, 1.807) is 7.05 Å². The van der Waals surface area contributed by atoms with Crippen molar-refractivity contribution in [2.24, 2.45) is 28.7 Å². The first-order chi connectivity index (χ1) is 14.6. The summed E-state index contributed by atoms with van der Waals surface area (Å²) in [6, 6.07) is 9.78. The Bertz CT molecular complexity index is 856. The summed E-state index contributed by atoms with van der Waals surface area (Å²) >= 11 is 0. The number of allylic oxidation sites excluding steroid dienone is 2. The van der Waals surface area contributed by atoms with Gasteiger partial charge in [0.2, 0.25) is 11.8 Å². The summed E-state index contributed by atoms with van der Waals surface area (Å²) in [5.41, 5.74) is 1.06. The number of hydrogen-bond acceptors (Lipinski definition) is 4. The van der Waals surface area contributed by atoms with E-state index in [2.05, 4.69) is 27.8 Å². The van der Waals surface area contributed by atoms with Crippen LogP contribution in [0.25, 0.3) is 0 Å². The van der Waals surface area contributed by atoms with Gasteiger partial charge in [0.1, 0.15) is 0 Å². The van der Waals surface area contributed by atoms with Crippen LogP contribution < -0.4 is 10.6 Å². The minimum atomic E-state index is -0.959. The molecule has 1 aromatic carbocycles. The highest BCUT2D eigenvalue weighted by Gasteiger charge is 2.58. The number of likely N-dealkylation sites (tertiary alicyclic amines) is 1. The number of carbonyl (C=O) groups is 2. The van der Waals surface area contributed by atoms with Crippen molar-refractivity contribution in [3.63, 3.8) is 0 Å². The number of amides is 2. The highest BCUT2D eigenvalue weighted by molar-refractivity contribution is 7.84. The summed E-state index contributed by atoms with van der Waals surface area (Å²) in [7, 11) is 0.704. The van der Waals surface area contributed by atoms with Crippen LogP contribution in [0.2, 0.25) is 0 Å². The molecule has 0 radical (unpaired) electrons. The Morgan fingerprint density at radius 1 is 1.07 bits per heavy atom. The Balaban J connectivity index is 1.18. The predicted molar refractivity (Wildman–Crippen MR) is 117 cm³/mol. The van der Waals surface area contributed by atoms with Gasteiger partial charge in [0.25, 0.3) is 0 Å². The predicted octanol–water partition coefficient (Wildman–Crippen LogP) is 0.907. The van der Waals surface area contributed by atoms with Gasteiger partial charge in [-0.15, -0.1) is 0 Å². The monoisotopic (exact) mass is 428 g/mol. The lowest BCUT2D eigenvalue weighted by Gasteiger charge is -2.18. The molecule has 7 nitrogen and oxygen atoms in total. The van der Waals surface area contributed by atoms with Crippen molar-refractivity contribution in [1.82, 2.24) is 15.5 Å². The summed E-state index contributed by atoms with van der Waals surface area (Å²) in [6.07, 6.45) is 5.15. The van der Waals surface area contributed by atoms with Crippen molar-refractivity contribution in [2.75, 3.05) is 32.4 Å². The molecule has 2 bridgehead atoms. The number of fused-ring (bicyclic) bond motifs is 5. The van der Waals surface area contributed by atoms with Gasteiger partial charge in [-0.1, -0.05) is 42.5 Å². The number of hydrogen-bond donors (Lipinski definition) is 2. The van der Waals surface area contributed by atoms with Crippen molar-refractivity contribution in [1.29, 1.82) is 0 Å². The smallest absolute Gasteiger partial charge is 0.233 e. The largest absolute Gasteiger partial charge is 0.355 e. The number of aliphatic imine (C=N–C) groups is 1. The van der Waals surface area contributed by atoms with Gasteiger partial charge in [-0.25, -0.2) is 0 Å². The highest BCUT2D eigenvalue weighted by atomic mass is 32.2. The maximum absolute atomic E-state index is 12.7. The second kappa shape index (κ2) is 9.12. The van der Waals surface area contributed by atoms with Crippen LogP contribution in [0.5, 0.6) is 0 Å². The molecule has 1 aliphatic heterocycles. The molecule has 2 amide bonds. The lowest BCUT2D eigenvalue weighted by molar-refractivity contribution is -0.140. The zero-order valence-electron chi connectivity index (χ0n) is 17.1. The van der Waals surface area contributed by atoms with Crippen LogP contribution in [0.3, 0.4) is 0 Å². The fraction of sp³-hybridized carbons (Fsp3) is 0.500. The van der Waals surface area contributed by atoms with Crippen molar-refractivity contribution >= 4 is 28.6 Å². The number of imide groups is 1. The molecular formula is C22H28N4O3S. The maximum Gasteiger partial charge on any atom is 0.233 e. The van der Waals surface area contributed by atoms with Crippen LogP contribution in [0.15, 0.2) is 47.5 Å². The molecule has 1 aromatic rings. The quantitative estimate of drug-likeness (QED) is 0.278. The summed E-state index contributed by atoms with van der Waals surface area (Å²) in [6.45, 7) is 1.30. The summed E-state index contributed by atoms with van der Waals surface area (Å²) < 4.78 is 12.2. The summed E-state index contributed by atoms with van der Waals surface area (Å²) in [5.74, 6) is 1.75. The van der Waals surface area contributed by atoms with E-state index in [4.69, 9.17) is 0 Å². The molecule has 1 saturated heterocycles. The second-order valence-electron chi connectivity index (χ2n) is 8.03. The van der Waals surface area contributed by atoms with Gasteiger partial charge >= 0.3 is 0 Å². The standard InChI is InChI=1S/C22H28N4O3S/c1-23-22(25-10-12-30(29)14-15-5-3-2-4-6-15)24-9-11-26-20(27)18-16-7-8-17(13-16)19(18)21(26)28/h2-8,16-19H,9-14H2,1H3,(H2,23,24,25). The van der Waals surface area contributed by atoms with Gasteiger partial charge in [0.15, 0.2) is 5.96 Å². The molecule has 5 atom stereocenters. The molecule has 0 aromatic heterocycles. The average molecular weight is 429 g/mol. The highest BCUT2D eigenvalue weighted by Crippen LogP contribution is 2.52. The van der Waals surface area contributed by atoms with Crippen molar-refractivity contribution in [3.05, 3.63) is 48.0 Å². The minimum absolute atomic E-state index is 0.0251. The number of benzene rings is 1. The van der Waals surface area contributed by atoms with E-state index in [-0.39, 0.29) is 35.5 Å². The van der Waals surface area contributed by atoms with Gasteiger partial charge in [-0.2, -0.15) is 0 Å². The summed E-state index contributed by atoms with van der Waals surface area (Å²) in [4.78, 5) is 31.0. The molecule has 3 aliphatic rings. The van der Waals surface area contributed by atoms with Crippen LogP contribution in [0, 0.1) is 23.7 Å². The molecule has 30 heavy (non-hydrogen) atoms. The first-order valence-electron chi connectivity index (χ1n) is 10.5. The van der Waals surface area contributed by atoms with Gasteiger partial charge in [-0.05, 0) is 23.8 Å². The number of guanidine groups is 1. The first-order valence-corrected chi connectivity index (χ1v) is 11.9. The zero-order valence-corrected chi connectivity index (χ0v) is 17.9. The normalized spacial score (nSPS) is 28.2. The topological polar surface area (TPSA) is 90.9 Å². The molecule has 0 spiro atoms. The number of nitrogens with one attached hydrogen (secondary N) is 2. The third kappa shape index (κ3) is 4.19. The molecule has 2 N–H and O–H groups in total. The van der Waals surface area contributed by atoms with E-state index in [0.717, 1.165) is 12.0 Å². The van der Waals surface area contributed by atoms with Crippen LogP contribution in [0.1, 0.15) is 12.0 Å². The molecule has 4 rings (SSSR count). The third-order valence-corrected chi connectivity index (χ3v) is 7.52. The zero-order chi connectivity index (χ0) is 21.1. The SMILES string of the molecule is CN=C(NCCN1C(=O)C2C3C=CC(C3)C2C1=O)NCCS(=O)Cc1ccccc1. The molecule has 5 unspecified atom stereocenters. The van der Waals surface area contributed by atoms with Gasteiger partial charge in [0.05, 0.1) is 11.8 Å². The number of carbonyl (C=O) groups excluding carboxylic acids is 2. The Morgan fingerprint density at radius 3 is 2.33 bits per heavy atom. The van der Waals surface area contributed by atoms with E-state index < -0.39 is 10.8 Å². The first kappa shape index (κ1) is 20.8. The number of rotatable bonds is 8. The van der Waals surface area contributed by atoms with Gasteiger partial charge in [0, 0.05) is 49.0 Å². The Kier molecular flexibility index (Phi) is 6.32. The molecule has 1 saturated carbocycles.